The monoisotopic (exact) mass is 574 g/mol. The molecule has 1 saturated heterocycles. The Balaban J connectivity index is 1.66. The fraction of sp³-hybridized carbons (Fsp3) is 0.444. The summed E-state index contributed by atoms with van der Waals surface area (Å²) < 4.78 is 106. The lowest BCUT2D eigenvalue weighted by Crippen LogP contribution is -2.46. The van der Waals surface area contributed by atoms with Gasteiger partial charge in [-0.05, 0) is 62.5 Å². The molecule has 3 aromatic rings. The molecule has 1 aromatic heterocycles. The van der Waals surface area contributed by atoms with Gasteiger partial charge in [0.25, 0.3) is 0 Å². The number of alkyl halides is 6. The van der Waals surface area contributed by atoms with E-state index in [1.165, 1.54) is 19.1 Å². The summed E-state index contributed by atoms with van der Waals surface area (Å²) in [5.41, 5.74) is -0.933. The molecule has 3 atom stereocenters. The van der Waals surface area contributed by atoms with E-state index < -0.39 is 47.7 Å². The number of halogens is 7. The van der Waals surface area contributed by atoms with Gasteiger partial charge >= 0.3 is 12.4 Å². The van der Waals surface area contributed by atoms with E-state index in [1.54, 1.807) is 18.5 Å². The maximum atomic E-state index is 13.7. The van der Waals surface area contributed by atoms with E-state index >= 15 is 0 Å². The molecule has 2 aromatic carbocycles. The summed E-state index contributed by atoms with van der Waals surface area (Å²) in [7, 11) is 3.81. The molecule has 0 spiro atoms. The third kappa shape index (κ3) is 7.19. The summed E-state index contributed by atoms with van der Waals surface area (Å²) >= 11 is 0. The Labute approximate surface area is 226 Å². The SMILES string of the molecule is C[C@@H](O[C@H]1OCCN(Cc2nc[nH]c2CN(C)C)[C@H]1c1ccc(F)cc1)c1cc(C(F)(F)F)cc(C(F)(F)F)c1. The summed E-state index contributed by atoms with van der Waals surface area (Å²) in [5, 5.41) is 0. The Morgan fingerprint density at radius 1 is 1.05 bits per heavy atom. The fourth-order valence-corrected chi connectivity index (χ4v) is 4.63. The van der Waals surface area contributed by atoms with Crippen LogP contribution in [0.15, 0.2) is 48.8 Å². The molecule has 1 aliphatic heterocycles. The van der Waals surface area contributed by atoms with Gasteiger partial charge in [0.05, 0.1) is 47.6 Å². The molecule has 13 heteroatoms. The Bertz CT molecular complexity index is 1240. The smallest absolute Gasteiger partial charge is 0.349 e. The number of hydrogen-bond donors (Lipinski definition) is 1. The van der Waals surface area contributed by atoms with E-state index in [0.717, 1.165) is 11.4 Å². The second kappa shape index (κ2) is 11.9. The first-order valence-electron chi connectivity index (χ1n) is 12.4. The summed E-state index contributed by atoms with van der Waals surface area (Å²) in [4.78, 5) is 11.5. The molecule has 1 fully saturated rings. The number of H-pyrrole nitrogens is 1. The summed E-state index contributed by atoms with van der Waals surface area (Å²) in [6, 6.07) is 6.31. The predicted molar refractivity (Wildman–Crippen MR) is 131 cm³/mol. The number of benzene rings is 2. The van der Waals surface area contributed by atoms with Crippen LogP contribution in [0.1, 0.15) is 52.7 Å². The number of aromatic nitrogens is 2. The van der Waals surface area contributed by atoms with E-state index in [2.05, 4.69) is 9.97 Å². The summed E-state index contributed by atoms with van der Waals surface area (Å²) in [6.45, 7) is 2.90. The molecule has 218 valence electrons. The zero-order valence-electron chi connectivity index (χ0n) is 22.0. The minimum absolute atomic E-state index is 0.0750. The zero-order valence-corrected chi connectivity index (χ0v) is 22.0. The number of nitrogens with zero attached hydrogens (tertiary/aromatic N) is 3. The largest absolute Gasteiger partial charge is 0.416 e. The maximum absolute atomic E-state index is 13.7. The highest BCUT2D eigenvalue weighted by Gasteiger charge is 2.39. The minimum Gasteiger partial charge on any atom is -0.349 e. The van der Waals surface area contributed by atoms with Gasteiger partial charge in [0.15, 0.2) is 6.29 Å². The first-order valence-corrected chi connectivity index (χ1v) is 12.4. The van der Waals surface area contributed by atoms with Gasteiger partial charge in [-0.1, -0.05) is 12.1 Å². The van der Waals surface area contributed by atoms with Crippen LogP contribution in [0, 0.1) is 5.82 Å². The van der Waals surface area contributed by atoms with Crippen molar-refractivity contribution in [2.24, 2.45) is 0 Å². The van der Waals surface area contributed by atoms with E-state index in [9.17, 15) is 30.7 Å². The second-order valence-corrected chi connectivity index (χ2v) is 9.89. The number of nitrogens with one attached hydrogen (secondary N) is 1. The van der Waals surface area contributed by atoms with Gasteiger partial charge in [0.2, 0.25) is 0 Å². The predicted octanol–water partition coefficient (Wildman–Crippen LogP) is 6.33. The number of hydrogen-bond acceptors (Lipinski definition) is 5. The lowest BCUT2D eigenvalue weighted by Gasteiger charge is -2.42. The number of imidazole rings is 1. The second-order valence-electron chi connectivity index (χ2n) is 9.89. The average molecular weight is 575 g/mol. The van der Waals surface area contributed by atoms with Crippen LogP contribution in [0.4, 0.5) is 30.7 Å². The maximum Gasteiger partial charge on any atom is 0.416 e. The van der Waals surface area contributed by atoms with E-state index in [1.807, 2.05) is 23.9 Å². The quantitative estimate of drug-likeness (QED) is 0.319. The van der Waals surface area contributed by atoms with Crippen LogP contribution in [0.5, 0.6) is 0 Å². The molecule has 0 aliphatic carbocycles. The molecule has 0 radical (unpaired) electrons. The average Bonchev–Trinajstić information content (AvgIpc) is 3.29. The fourth-order valence-electron chi connectivity index (χ4n) is 4.63. The van der Waals surface area contributed by atoms with Crippen LogP contribution < -0.4 is 0 Å². The molecule has 2 heterocycles. The summed E-state index contributed by atoms with van der Waals surface area (Å²) in [6.07, 6.45) is -10.7. The van der Waals surface area contributed by atoms with Crippen LogP contribution >= 0.6 is 0 Å². The van der Waals surface area contributed by atoms with Crippen molar-refractivity contribution < 1.29 is 40.2 Å². The highest BCUT2D eigenvalue weighted by Crippen LogP contribution is 2.40. The highest BCUT2D eigenvalue weighted by atomic mass is 19.4. The lowest BCUT2D eigenvalue weighted by molar-refractivity contribution is -0.231. The van der Waals surface area contributed by atoms with Gasteiger partial charge in [0, 0.05) is 19.6 Å². The zero-order chi connectivity index (χ0) is 29.2. The van der Waals surface area contributed by atoms with Gasteiger partial charge in [-0.3, -0.25) is 4.90 Å². The van der Waals surface area contributed by atoms with Crippen molar-refractivity contribution in [3.8, 4) is 0 Å². The van der Waals surface area contributed by atoms with Gasteiger partial charge in [-0.2, -0.15) is 26.3 Å². The van der Waals surface area contributed by atoms with Gasteiger partial charge in [-0.25, -0.2) is 9.37 Å². The Morgan fingerprint density at radius 2 is 1.68 bits per heavy atom. The van der Waals surface area contributed by atoms with E-state index in [4.69, 9.17) is 9.47 Å². The van der Waals surface area contributed by atoms with Crippen LogP contribution in [0.2, 0.25) is 0 Å². The lowest BCUT2D eigenvalue weighted by atomic mass is 10.0. The molecule has 0 bridgehead atoms. The Morgan fingerprint density at radius 3 is 2.25 bits per heavy atom. The van der Waals surface area contributed by atoms with Crippen molar-refractivity contribution in [1.29, 1.82) is 0 Å². The van der Waals surface area contributed by atoms with Crippen molar-refractivity contribution in [1.82, 2.24) is 19.8 Å². The highest BCUT2D eigenvalue weighted by molar-refractivity contribution is 5.35. The topological polar surface area (TPSA) is 53.6 Å². The first kappa shape index (κ1) is 30.0. The normalized spacial score (nSPS) is 19.8. The Hall–Kier alpha value is -3.00. The first-order chi connectivity index (χ1) is 18.7. The van der Waals surface area contributed by atoms with Crippen LogP contribution in [-0.2, 0) is 34.9 Å². The van der Waals surface area contributed by atoms with Crippen molar-refractivity contribution in [3.63, 3.8) is 0 Å². The van der Waals surface area contributed by atoms with E-state index in [0.29, 0.717) is 37.3 Å². The molecular weight excluding hydrogens is 545 g/mol. The van der Waals surface area contributed by atoms with Crippen molar-refractivity contribution in [2.45, 2.75) is 50.8 Å². The Kier molecular flexibility index (Phi) is 8.88. The van der Waals surface area contributed by atoms with Gasteiger partial charge in [0.1, 0.15) is 5.82 Å². The number of aromatic amines is 1. The van der Waals surface area contributed by atoms with E-state index in [-0.39, 0.29) is 18.2 Å². The molecule has 40 heavy (non-hydrogen) atoms. The third-order valence-electron chi connectivity index (χ3n) is 6.58. The third-order valence-corrected chi connectivity index (χ3v) is 6.58. The van der Waals surface area contributed by atoms with Crippen molar-refractivity contribution in [3.05, 3.63) is 88.3 Å². The number of morpholine rings is 1. The van der Waals surface area contributed by atoms with Gasteiger partial charge in [-0.15, -0.1) is 0 Å². The molecule has 6 nitrogen and oxygen atoms in total. The van der Waals surface area contributed by atoms with Crippen LogP contribution in [0.25, 0.3) is 0 Å². The molecule has 4 rings (SSSR count). The molecule has 0 saturated carbocycles. The number of ether oxygens (including phenoxy) is 2. The molecule has 1 N–H and O–H groups in total. The van der Waals surface area contributed by atoms with Crippen LogP contribution in [-0.4, -0.2) is 53.3 Å². The molecule has 0 amide bonds. The van der Waals surface area contributed by atoms with Gasteiger partial charge < -0.3 is 19.4 Å². The number of rotatable bonds is 8. The van der Waals surface area contributed by atoms with Crippen molar-refractivity contribution in [2.75, 3.05) is 27.2 Å². The molecule has 1 aliphatic rings. The molecular formula is C27H29F7N4O2. The minimum atomic E-state index is -4.99. The summed E-state index contributed by atoms with van der Waals surface area (Å²) in [5.74, 6) is -0.470. The molecule has 0 unspecified atom stereocenters. The standard InChI is InChI=1S/C27H29F7N4O2/c1-16(18-10-19(26(29,30)31)12-20(11-18)27(32,33)34)40-25-24(17-4-6-21(28)7-5-17)38(8-9-39-25)14-23-22(13-37(2)3)35-15-36-23/h4-7,10-12,15-16,24-25H,8-9,13-14H2,1-3H3,(H,35,36)/t16-,24+,25-/m1/s1. The van der Waals surface area contributed by atoms with Crippen LogP contribution in [0.3, 0.4) is 0 Å². The van der Waals surface area contributed by atoms with Crippen molar-refractivity contribution >= 4 is 0 Å².